The summed E-state index contributed by atoms with van der Waals surface area (Å²) >= 11 is 0. The molecular formula is C21H22N4O3. The monoisotopic (exact) mass is 378 g/mol. The van der Waals surface area contributed by atoms with E-state index in [9.17, 15) is 14.4 Å². The zero-order valence-corrected chi connectivity index (χ0v) is 15.3. The van der Waals surface area contributed by atoms with Crippen LogP contribution in [0.4, 0.5) is 21.9 Å². The molecule has 4 N–H and O–H groups in total. The van der Waals surface area contributed by atoms with Gasteiger partial charge in [-0.3, -0.25) is 9.59 Å². The molecule has 0 saturated heterocycles. The Morgan fingerprint density at radius 2 is 1.61 bits per heavy atom. The molecule has 28 heavy (non-hydrogen) atoms. The molecule has 2 aromatic rings. The number of urea groups is 1. The Hall–Kier alpha value is -3.61. The first-order valence-corrected chi connectivity index (χ1v) is 9.03. The first-order chi connectivity index (χ1) is 13.5. The molecule has 1 fully saturated rings. The second-order valence-corrected chi connectivity index (χ2v) is 6.50. The van der Waals surface area contributed by atoms with Crippen molar-refractivity contribution in [1.82, 2.24) is 5.32 Å². The molecule has 0 aliphatic heterocycles. The molecule has 0 heterocycles. The molecule has 7 nitrogen and oxygen atoms in total. The van der Waals surface area contributed by atoms with E-state index in [1.165, 1.54) is 0 Å². The SMILES string of the molecule is C=CCNC(=O)Nc1ccc(NC(=O)c2cccc(NC(=O)C3CC3)c2)cc1. The highest BCUT2D eigenvalue weighted by atomic mass is 16.2. The van der Waals surface area contributed by atoms with Gasteiger partial charge in [0.1, 0.15) is 0 Å². The predicted molar refractivity (Wildman–Crippen MR) is 109 cm³/mol. The number of rotatable bonds is 7. The van der Waals surface area contributed by atoms with Gasteiger partial charge in [0, 0.05) is 35.1 Å². The highest BCUT2D eigenvalue weighted by Crippen LogP contribution is 2.30. The van der Waals surface area contributed by atoms with Gasteiger partial charge in [0.15, 0.2) is 0 Å². The second-order valence-electron chi connectivity index (χ2n) is 6.50. The zero-order chi connectivity index (χ0) is 19.9. The van der Waals surface area contributed by atoms with Crippen molar-refractivity contribution >= 4 is 34.9 Å². The number of amides is 4. The van der Waals surface area contributed by atoms with E-state index >= 15 is 0 Å². The number of carbonyl (C=O) groups excluding carboxylic acids is 3. The molecule has 4 amide bonds. The zero-order valence-electron chi connectivity index (χ0n) is 15.3. The van der Waals surface area contributed by atoms with Crippen molar-refractivity contribution in [3.05, 3.63) is 66.7 Å². The van der Waals surface area contributed by atoms with E-state index in [4.69, 9.17) is 0 Å². The number of hydrogen-bond donors (Lipinski definition) is 4. The summed E-state index contributed by atoms with van der Waals surface area (Å²) in [4.78, 5) is 35.9. The highest BCUT2D eigenvalue weighted by Gasteiger charge is 2.29. The van der Waals surface area contributed by atoms with Crippen molar-refractivity contribution in [3.8, 4) is 0 Å². The lowest BCUT2D eigenvalue weighted by Crippen LogP contribution is -2.28. The van der Waals surface area contributed by atoms with Crippen LogP contribution in [0.15, 0.2) is 61.2 Å². The third-order valence-electron chi connectivity index (χ3n) is 4.15. The maximum Gasteiger partial charge on any atom is 0.319 e. The van der Waals surface area contributed by atoms with Crippen molar-refractivity contribution in [2.75, 3.05) is 22.5 Å². The first-order valence-electron chi connectivity index (χ1n) is 9.03. The highest BCUT2D eigenvalue weighted by molar-refractivity contribution is 6.05. The van der Waals surface area contributed by atoms with Gasteiger partial charge in [0.2, 0.25) is 5.91 Å². The van der Waals surface area contributed by atoms with Crippen LogP contribution in [0, 0.1) is 5.92 Å². The lowest BCUT2D eigenvalue weighted by Gasteiger charge is -2.10. The molecule has 0 bridgehead atoms. The smallest absolute Gasteiger partial charge is 0.319 e. The summed E-state index contributed by atoms with van der Waals surface area (Å²) < 4.78 is 0. The van der Waals surface area contributed by atoms with Crippen LogP contribution < -0.4 is 21.3 Å². The Morgan fingerprint density at radius 1 is 0.929 bits per heavy atom. The Balaban J connectivity index is 1.57. The molecule has 1 saturated carbocycles. The van der Waals surface area contributed by atoms with E-state index in [2.05, 4.69) is 27.8 Å². The molecule has 0 unspecified atom stereocenters. The maximum absolute atomic E-state index is 12.5. The van der Waals surface area contributed by atoms with Crippen LogP contribution in [0.3, 0.4) is 0 Å². The van der Waals surface area contributed by atoms with Crippen LogP contribution in [0.2, 0.25) is 0 Å². The van der Waals surface area contributed by atoms with E-state index < -0.39 is 0 Å². The van der Waals surface area contributed by atoms with Gasteiger partial charge >= 0.3 is 6.03 Å². The summed E-state index contributed by atoms with van der Waals surface area (Å²) in [5.74, 6) is -0.187. The van der Waals surface area contributed by atoms with Gasteiger partial charge < -0.3 is 21.3 Å². The molecule has 0 radical (unpaired) electrons. The van der Waals surface area contributed by atoms with Gasteiger partial charge in [-0.05, 0) is 55.3 Å². The molecule has 7 heteroatoms. The van der Waals surface area contributed by atoms with E-state index in [1.54, 1.807) is 54.6 Å². The van der Waals surface area contributed by atoms with Crippen molar-refractivity contribution in [2.24, 2.45) is 5.92 Å². The maximum atomic E-state index is 12.5. The fraction of sp³-hybridized carbons (Fsp3) is 0.190. The number of carbonyl (C=O) groups is 3. The van der Waals surface area contributed by atoms with Gasteiger partial charge in [-0.25, -0.2) is 4.79 Å². The quantitative estimate of drug-likeness (QED) is 0.554. The van der Waals surface area contributed by atoms with Crippen molar-refractivity contribution in [3.63, 3.8) is 0 Å². The Kier molecular flexibility index (Phi) is 6.06. The topological polar surface area (TPSA) is 99.3 Å². The number of benzene rings is 2. The summed E-state index contributed by atoms with van der Waals surface area (Å²) in [5.41, 5.74) is 2.24. The molecule has 0 atom stereocenters. The van der Waals surface area contributed by atoms with E-state index in [-0.39, 0.29) is 23.8 Å². The summed E-state index contributed by atoms with van der Waals surface area (Å²) in [6, 6.07) is 13.3. The van der Waals surface area contributed by atoms with Crippen molar-refractivity contribution in [2.45, 2.75) is 12.8 Å². The molecule has 0 spiro atoms. The molecule has 0 aromatic heterocycles. The van der Waals surface area contributed by atoms with Crippen LogP contribution in [-0.2, 0) is 4.79 Å². The lowest BCUT2D eigenvalue weighted by molar-refractivity contribution is -0.117. The Labute approximate surface area is 163 Å². The predicted octanol–water partition coefficient (Wildman–Crippen LogP) is 3.59. The van der Waals surface area contributed by atoms with Crippen LogP contribution in [0.1, 0.15) is 23.2 Å². The second kappa shape index (κ2) is 8.85. The van der Waals surface area contributed by atoms with Gasteiger partial charge in [-0.2, -0.15) is 0 Å². The van der Waals surface area contributed by atoms with Gasteiger partial charge in [-0.15, -0.1) is 6.58 Å². The average molecular weight is 378 g/mol. The Bertz CT molecular complexity index is 889. The summed E-state index contributed by atoms with van der Waals surface area (Å²) in [5, 5.41) is 10.9. The number of nitrogens with one attached hydrogen (secondary N) is 4. The summed E-state index contributed by atoms with van der Waals surface area (Å²) in [6.45, 7) is 3.91. The minimum Gasteiger partial charge on any atom is -0.334 e. The largest absolute Gasteiger partial charge is 0.334 e. The van der Waals surface area contributed by atoms with Crippen LogP contribution >= 0.6 is 0 Å². The van der Waals surface area contributed by atoms with Crippen LogP contribution in [0.25, 0.3) is 0 Å². The van der Waals surface area contributed by atoms with Crippen molar-refractivity contribution < 1.29 is 14.4 Å². The third-order valence-corrected chi connectivity index (χ3v) is 4.15. The van der Waals surface area contributed by atoms with Gasteiger partial charge in [0.25, 0.3) is 5.91 Å². The minimum absolute atomic E-state index is 0.00206. The molecular weight excluding hydrogens is 356 g/mol. The fourth-order valence-corrected chi connectivity index (χ4v) is 2.51. The Morgan fingerprint density at radius 3 is 2.25 bits per heavy atom. The fourth-order valence-electron chi connectivity index (χ4n) is 2.51. The standard InChI is InChI=1S/C21H22N4O3/c1-2-12-22-21(28)25-17-10-8-16(9-11-17)23-20(27)15-4-3-5-18(13-15)24-19(26)14-6-7-14/h2-5,8-11,13-14H,1,6-7,12H2,(H,23,27)(H,24,26)(H2,22,25,28). The third kappa shape index (κ3) is 5.44. The van der Waals surface area contributed by atoms with E-state index in [0.717, 1.165) is 12.8 Å². The van der Waals surface area contributed by atoms with Crippen LogP contribution in [0.5, 0.6) is 0 Å². The summed E-state index contributed by atoms with van der Waals surface area (Å²) in [7, 11) is 0. The summed E-state index contributed by atoms with van der Waals surface area (Å²) in [6.07, 6.45) is 3.43. The first kappa shape index (κ1) is 19.2. The number of anilines is 3. The lowest BCUT2D eigenvalue weighted by atomic mass is 10.1. The normalized spacial score (nSPS) is 12.6. The molecule has 144 valence electrons. The van der Waals surface area contributed by atoms with Gasteiger partial charge in [-0.1, -0.05) is 12.1 Å². The minimum atomic E-state index is -0.332. The number of hydrogen-bond acceptors (Lipinski definition) is 3. The van der Waals surface area contributed by atoms with Crippen LogP contribution in [-0.4, -0.2) is 24.4 Å². The molecule has 1 aliphatic carbocycles. The van der Waals surface area contributed by atoms with E-state index in [0.29, 0.717) is 29.2 Å². The molecule has 3 rings (SSSR count). The molecule has 1 aliphatic rings. The van der Waals surface area contributed by atoms with E-state index in [1.807, 2.05) is 0 Å². The van der Waals surface area contributed by atoms with Crippen molar-refractivity contribution in [1.29, 1.82) is 0 Å². The molecule has 2 aromatic carbocycles. The average Bonchev–Trinajstić information content (AvgIpc) is 3.53. The van der Waals surface area contributed by atoms with Gasteiger partial charge in [0.05, 0.1) is 0 Å².